The van der Waals surface area contributed by atoms with Crippen LogP contribution in [0.3, 0.4) is 0 Å². The number of rotatable bonds is 10. The number of nitrogens with zero attached hydrogens (tertiary/aromatic N) is 2. The highest BCUT2D eigenvalue weighted by molar-refractivity contribution is 5.86. The molecule has 1 N–H and O–H groups in total. The van der Waals surface area contributed by atoms with Gasteiger partial charge in [0.25, 0.3) is 5.56 Å². The summed E-state index contributed by atoms with van der Waals surface area (Å²) in [7, 11) is 0. The first-order valence-electron chi connectivity index (χ1n) is 10.7. The van der Waals surface area contributed by atoms with E-state index < -0.39 is 0 Å². The third-order valence-corrected chi connectivity index (χ3v) is 5.44. The molecule has 5 nitrogen and oxygen atoms in total. The zero-order chi connectivity index (χ0) is 20.8. The van der Waals surface area contributed by atoms with Gasteiger partial charge in [-0.2, -0.15) is 0 Å². The van der Waals surface area contributed by atoms with Crippen molar-refractivity contribution in [3.05, 3.63) is 52.8 Å². The molecule has 2 heterocycles. The van der Waals surface area contributed by atoms with Gasteiger partial charge < -0.3 is 9.55 Å². The van der Waals surface area contributed by atoms with E-state index in [4.69, 9.17) is 0 Å². The highest BCUT2D eigenvalue weighted by Gasteiger charge is 2.09. The highest BCUT2D eigenvalue weighted by atomic mass is 16.1. The Labute approximate surface area is 172 Å². The van der Waals surface area contributed by atoms with Crippen molar-refractivity contribution in [2.45, 2.75) is 71.8 Å². The minimum Gasteiger partial charge on any atom is -0.342 e. The Morgan fingerprint density at radius 2 is 1.93 bits per heavy atom. The second-order valence-electron chi connectivity index (χ2n) is 7.97. The molecular formula is C24H31N3O2. The number of aryl methyl sites for hydroxylation is 1. The van der Waals surface area contributed by atoms with E-state index in [-0.39, 0.29) is 11.6 Å². The number of benzene rings is 1. The molecule has 1 aromatic carbocycles. The summed E-state index contributed by atoms with van der Waals surface area (Å²) in [5, 5.41) is 1.69. The minimum atomic E-state index is 0.0509. The van der Waals surface area contributed by atoms with E-state index in [2.05, 4.69) is 9.97 Å². The molecular weight excluding hydrogens is 362 g/mol. The molecule has 0 bridgehead atoms. The second kappa shape index (κ2) is 9.68. The summed E-state index contributed by atoms with van der Waals surface area (Å²) in [5.41, 5.74) is 2.06. The molecule has 5 heteroatoms. The zero-order valence-electron chi connectivity index (χ0n) is 17.7. The monoisotopic (exact) mass is 393 g/mol. The fourth-order valence-corrected chi connectivity index (χ4v) is 3.62. The van der Waals surface area contributed by atoms with Gasteiger partial charge in [0.1, 0.15) is 11.6 Å². The maximum Gasteiger partial charge on any atom is 0.258 e. The highest BCUT2D eigenvalue weighted by Crippen LogP contribution is 2.22. The van der Waals surface area contributed by atoms with E-state index >= 15 is 0 Å². The molecule has 0 atom stereocenters. The summed E-state index contributed by atoms with van der Waals surface area (Å²) >= 11 is 0. The molecule has 0 aliphatic rings. The van der Waals surface area contributed by atoms with Gasteiger partial charge >= 0.3 is 0 Å². The van der Waals surface area contributed by atoms with Gasteiger partial charge in [-0.05, 0) is 50.3 Å². The standard InChI is InChI=1S/C24H31N3O2/c1-4-20(28)9-7-5-6-8-10-23-25-16-22(26-23)19-11-12-21-18(15-19)13-14-27(17(2)3)24(21)29/h11-17H,4-10H2,1-3H3,(H,25,26). The molecule has 2 aromatic heterocycles. The molecule has 0 radical (unpaired) electrons. The number of Topliss-reactive ketones (excluding diaryl/α,β-unsaturated/α-hetero) is 1. The first kappa shape index (κ1) is 21.0. The van der Waals surface area contributed by atoms with Gasteiger partial charge in [-0.1, -0.05) is 25.8 Å². The van der Waals surface area contributed by atoms with Gasteiger partial charge in [0.2, 0.25) is 0 Å². The molecule has 0 unspecified atom stereocenters. The number of nitrogens with one attached hydrogen (secondary N) is 1. The van der Waals surface area contributed by atoms with Gasteiger partial charge in [0.15, 0.2) is 0 Å². The lowest BCUT2D eigenvalue weighted by Gasteiger charge is -2.11. The van der Waals surface area contributed by atoms with Crippen molar-refractivity contribution in [2.24, 2.45) is 0 Å². The fraction of sp³-hybridized carbons (Fsp3) is 0.458. The van der Waals surface area contributed by atoms with Crippen molar-refractivity contribution >= 4 is 16.6 Å². The largest absolute Gasteiger partial charge is 0.342 e. The molecule has 0 saturated carbocycles. The smallest absolute Gasteiger partial charge is 0.258 e. The van der Waals surface area contributed by atoms with Crippen LogP contribution in [-0.4, -0.2) is 20.3 Å². The Morgan fingerprint density at radius 1 is 1.14 bits per heavy atom. The van der Waals surface area contributed by atoms with Crippen LogP contribution < -0.4 is 5.56 Å². The summed E-state index contributed by atoms with van der Waals surface area (Å²) < 4.78 is 1.76. The second-order valence-corrected chi connectivity index (χ2v) is 7.97. The first-order valence-corrected chi connectivity index (χ1v) is 10.7. The van der Waals surface area contributed by atoms with Crippen LogP contribution in [0.5, 0.6) is 0 Å². The van der Waals surface area contributed by atoms with Gasteiger partial charge in [-0.3, -0.25) is 9.59 Å². The predicted octanol–water partition coefficient (Wildman–Crippen LogP) is 5.44. The summed E-state index contributed by atoms with van der Waals surface area (Å²) in [6.45, 7) is 5.95. The third-order valence-electron chi connectivity index (χ3n) is 5.44. The molecule has 0 aliphatic heterocycles. The van der Waals surface area contributed by atoms with Crippen LogP contribution >= 0.6 is 0 Å². The van der Waals surface area contributed by atoms with E-state index in [9.17, 15) is 9.59 Å². The van der Waals surface area contributed by atoms with Gasteiger partial charge in [0, 0.05) is 42.5 Å². The van der Waals surface area contributed by atoms with Crippen LogP contribution in [0.15, 0.2) is 41.5 Å². The number of imidazole rings is 1. The lowest BCUT2D eigenvalue weighted by molar-refractivity contribution is -0.118. The van der Waals surface area contributed by atoms with Crippen LogP contribution in [0, 0.1) is 0 Å². The predicted molar refractivity (Wildman–Crippen MR) is 118 cm³/mol. The van der Waals surface area contributed by atoms with E-state index in [0.29, 0.717) is 18.6 Å². The Morgan fingerprint density at radius 3 is 2.69 bits per heavy atom. The molecule has 0 saturated heterocycles. The van der Waals surface area contributed by atoms with Crippen LogP contribution in [0.2, 0.25) is 0 Å². The van der Waals surface area contributed by atoms with E-state index in [1.807, 2.05) is 57.4 Å². The third kappa shape index (κ3) is 5.22. The quantitative estimate of drug-likeness (QED) is 0.466. The van der Waals surface area contributed by atoms with Gasteiger partial charge in [-0.25, -0.2) is 4.98 Å². The minimum absolute atomic E-state index is 0.0509. The summed E-state index contributed by atoms with van der Waals surface area (Å²) in [4.78, 5) is 31.8. The molecule has 0 amide bonds. The number of carbonyl (C=O) groups excluding carboxylic acids is 1. The van der Waals surface area contributed by atoms with Crippen molar-refractivity contribution in [1.82, 2.24) is 14.5 Å². The number of hydrogen-bond donors (Lipinski definition) is 1. The number of fused-ring (bicyclic) bond motifs is 1. The van der Waals surface area contributed by atoms with Crippen molar-refractivity contribution in [1.29, 1.82) is 0 Å². The number of ketones is 1. The van der Waals surface area contributed by atoms with Crippen molar-refractivity contribution in [2.75, 3.05) is 0 Å². The molecule has 0 aliphatic carbocycles. The number of carbonyl (C=O) groups is 1. The zero-order valence-corrected chi connectivity index (χ0v) is 17.7. The van der Waals surface area contributed by atoms with Crippen molar-refractivity contribution in [3.63, 3.8) is 0 Å². The molecule has 29 heavy (non-hydrogen) atoms. The number of hydrogen-bond acceptors (Lipinski definition) is 3. The summed E-state index contributed by atoms with van der Waals surface area (Å²) in [6.07, 6.45) is 10.3. The first-order chi connectivity index (χ1) is 14.0. The molecule has 0 fully saturated rings. The van der Waals surface area contributed by atoms with Crippen molar-refractivity contribution < 1.29 is 4.79 Å². The number of pyridine rings is 1. The summed E-state index contributed by atoms with van der Waals surface area (Å²) in [6, 6.07) is 8.08. The van der Waals surface area contributed by atoms with E-state index in [0.717, 1.165) is 60.0 Å². The van der Waals surface area contributed by atoms with Gasteiger partial charge in [-0.15, -0.1) is 0 Å². The van der Waals surface area contributed by atoms with Crippen LogP contribution in [0.4, 0.5) is 0 Å². The fourth-order valence-electron chi connectivity index (χ4n) is 3.62. The lowest BCUT2D eigenvalue weighted by Crippen LogP contribution is -2.20. The average Bonchev–Trinajstić information content (AvgIpc) is 3.19. The average molecular weight is 394 g/mol. The van der Waals surface area contributed by atoms with Crippen LogP contribution in [-0.2, 0) is 11.2 Å². The Hall–Kier alpha value is -2.69. The number of H-pyrrole nitrogens is 1. The SMILES string of the molecule is CCC(=O)CCCCCCc1ncc(-c2ccc3c(=O)n(C(C)C)ccc3c2)[nH]1. The Kier molecular flexibility index (Phi) is 7.02. The molecule has 3 aromatic rings. The molecule has 154 valence electrons. The van der Waals surface area contributed by atoms with Crippen LogP contribution in [0.1, 0.15) is 71.2 Å². The van der Waals surface area contributed by atoms with E-state index in [1.54, 1.807) is 4.57 Å². The topological polar surface area (TPSA) is 67.8 Å². The number of aromatic amines is 1. The maximum atomic E-state index is 12.6. The van der Waals surface area contributed by atoms with E-state index in [1.165, 1.54) is 0 Å². The number of aromatic nitrogens is 3. The van der Waals surface area contributed by atoms with Crippen LogP contribution in [0.25, 0.3) is 22.0 Å². The maximum absolute atomic E-state index is 12.6. The van der Waals surface area contributed by atoms with Gasteiger partial charge in [0.05, 0.1) is 11.9 Å². The molecule has 0 spiro atoms. The number of unbranched alkanes of at least 4 members (excludes halogenated alkanes) is 3. The lowest BCUT2D eigenvalue weighted by atomic mass is 10.1. The Balaban J connectivity index is 1.61. The Bertz CT molecular complexity index is 1030. The normalized spacial score (nSPS) is 11.4. The van der Waals surface area contributed by atoms with Crippen molar-refractivity contribution in [3.8, 4) is 11.3 Å². The summed E-state index contributed by atoms with van der Waals surface area (Å²) in [5.74, 6) is 1.35. The molecule has 3 rings (SSSR count).